The minimum absolute atomic E-state index is 0.943. The summed E-state index contributed by atoms with van der Waals surface area (Å²) in [6.07, 6.45) is 2.86. The Morgan fingerprint density at radius 1 is 0.585 bits per heavy atom. The van der Waals surface area contributed by atoms with E-state index in [9.17, 15) is 0 Å². The van der Waals surface area contributed by atoms with Crippen LogP contribution in [0.2, 0.25) is 0 Å². The quantitative estimate of drug-likeness (QED) is 0.202. The van der Waals surface area contributed by atoms with Crippen LogP contribution in [0.1, 0.15) is 11.1 Å². The van der Waals surface area contributed by atoms with Crippen molar-refractivity contribution in [3.05, 3.63) is 133 Å². The van der Waals surface area contributed by atoms with Gasteiger partial charge in [-0.25, -0.2) is 4.98 Å². The van der Waals surface area contributed by atoms with Gasteiger partial charge in [0.15, 0.2) is 0 Å². The van der Waals surface area contributed by atoms with Crippen molar-refractivity contribution in [3.63, 3.8) is 0 Å². The van der Waals surface area contributed by atoms with Gasteiger partial charge in [-0.1, -0.05) is 66.7 Å². The number of fused-ring (bicyclic) bond motifs is 16. The van der Waals surface area contributed by atoms with Gasteiger partial charge in [0, 0.05) is 33.4 Å². The Bertz CT molecular complexity index is 2550. The van der Waals surface area contributed by atoms with Crippen LogP contribution in [0.5, 0.6) is 0 Å². The average Bonchev–Trinajstić information content (AvgIpc) is 3.71. The van der Waals surface area contributed by atoms with Gasteiger partial charge in [0.25, 0.3) is 0 Å². The van der Waals surface area contributed by atoms with Gasteiger partial charge in [0.05, 0.1) is 33.1 Å². The van der Waals surface area contributed by atoms with E-state index in [-0.39, 0.29) is 0 Å². The van der Waals surface area contributed by atoms with Crippen molar-refractivity contribution in [3.8, 4) is 16.8 Å². The van der Waals surface area contributed by atoms with E-state index in [0.717, 1.165) is 50.6 Å². The zero-order valence-electron chi connectivity index (χ0n) is 22.0. The van der Waals surface area contributed by atoms with Crippen molar-refractivity contribution in [2.45, 2.75) is 6.42 Å². The molecule has 0 fully saturated rings. The van der Waals surface area contributed by atoms with Crippen LogP contribution in [0, 0.1) is 0 Å². The number of aromatic nitrogens is 4. The highest BCUT2D eigenvalue weighted by Gasteiger charge is 2.26. The molecule has 5 aromatic carbocycles. The maximum Gasteiger partial charge on any atom is 0.146 e. The summed E-state index contributed by atoms with van der Waals surface area (Å²) in [6, 6.07) is 41.4. The first kappa shape index (κ1) is 21.4. The number of pyridine rings is 2. The molecule has 0 saturated heterocycles. The van der Waals surface area contributed by atoms with E-state index < -0.39 is 0 Å². The number of para-hydroxylation sites is 3. The third-order valence-corrected chi connectivity index (χ3v) is 8.96. The lowest BCUT2D eigenvalue weighted by Gasteiger charge is -2.13. The normalized spacial score (nSPS) is 12.8. The maximum absolute atomic E-state index is 5.17. The van der Waals surface area contributed by atoms with Crippen LogP contribution >= 0.6 is 0 Å². The average molecular weight is 523 g/mol. The summed E-state index contributed by atoms with van der Waals surface area (Å²) in [7, 11) is 0. The molecule has 190 valence electrons. The van der Waals surface area contributed by atoms with Gasteiger partial charge in [-0.05, 0) is 77.2 Å². The standard InChI is InChI=1S/C37H22N4/c1-2-10-23(11-3-1)40-31-19-18-25-24-12-5-4-9-22(24)21-28(25)33(31)26-16-17-27-34(36(26)40)35-32(15-8-20-38-35)41-30-14-7-6-13-29(30)39-37(27)41/h1-20H,21H2. The molecular formula is C37H22N4. The van der Waals surface area contributed by atoms with Gasteiger partial charge < -0.3 is 4.57 Å². The lowest BCUT2D eigenvalue weighted by molar-refractivity contribution is 1.18. The Hall–Kier alpha value is -5.48. The van der Waals surface area contributed by atoms with E-state index in [1.165, 1.54) is 44.1 Å². The van der Waals surface area contributed by atoms with Crippen molar-refractivity contribution in [2.75, 3.05) is 0 Å². The monoisotopic (exact) mass is 522 g/mol. The summed E-state index contributed by atoms with van der Waals surface area (Å²) in [5.41, 5.74) is 14.2. The van der Waals surface area contributed by atoms with Crippen LogP contribution in [-0.4, -0.2) is 18.9 Å². The van der Waals surface area contributed by atoms with Crippen molar-refractivity contribution in [2.24, 2.45) is 0 Å². The van der Waals surface area contributed by atoms with E-state index >= 15 is 0 Å². The highest BCUT2D eigenvalue weighted by Crippen LogP contribution is 2.47. The lowest BCUT2D eigenvalue weighted by Crippen LogP contribution is -1.97. The van der Waals surface area contributed by atoms with Gasteiger partial charge in [0.2, 0.25) is 0 Å². The fraction of sp³-hybridized carbons (Fsp3) is 0.0270. The molecule has 0 saturated carbocycles. The fourth-order valence-electron chi connectivity index (χ4n) is 7.32. The van der Waals surface area contributed by atoms with Crippen LogP contribution in [0.3, 0.4) is 0 Å². The molecule has 0 amide bonds. The van der Waals surface area contributed by atoms with E-state index in [1.54, 1.807) is 0 Å². The summed E-state index contributed by atoms with van der Waals surface area (Å²) in [6.45, 7) is 0. The third-order valence-electron chi connectivity index (χ3n) is 8.96. The summed E-state index contributed by atoms with van der Waals surface area (Å²) in [5, 5.41) is 4.84. The Morgan fingerprint density at radius 3 is 2.34 bits per heavy atom. The van der Waals surface area contributed by atoms with E-state index in [2.05, 4.69) is 118 Å². The first-order valence-corrected chi connectivity index (χ1v) is 14.1. The van der Waals surface area contributed by atoms with Crippen LogP contribution in [0.4, 0.5) is 0 Å². The second kappa shape index (κ2) is 7.58. The SMILES string of the molecule is c1ccc(-n2c3ccc4c(c3c3ccc5c(c6ncccc6n6c7ccccc7nc56)c32)Cc2ccccc2-4)cc1. The highest BCUT2D eigenvalue weighted by atomic mass is 15.0. The van der Waals surface area contributed by atoms with E-state index in [1.807, 2.05) is 12.3 Å². The zero-order chi connectivity index (χ0) is 26.7. The third kappa shape index (κ3) is 2.64. The van der Waals surface area contributed by atoms with E-state index in [4.69, 9.17) is 9.97 Å². The van der Waals surface area contributed by atoms with E-state index in [0.29, 0.717) is 0 Å². The van der Waals surface area contributed by atoms with Gasteiger partial charge >= 0.3 is 0 Å². The van der Waals surface area contributed by atoms with Gasteiger partial charge in [-0.15, -0.1) is 0 Å². The number of benzene rings is 5. The number of nitrogens with zero attached hydrogens (tertiary/aromatic N) is 4. The predicted octanol–water partition coefficient (Wildman–Crippen LogP) is 8.86. The minimum atomic E-state index is 0.943. The molecule has 10 rings (SSSR count). The van der Waals surface area contributed by atoms with Crippen LogP contribution < -0.4 is 0 Å². The van der Waals surface area contributed by atoms with Crippen LogP contribution in [-0.2, 0) is 6.42 Å². The summed E-state index contributed by atoms with van der Waals surface area (Å²) >= 11 is 0. The van der Waals surface area contributed by atoms with Crippen molar-refractivity contribution in [1.29, 1.82) is 0 Å². The first-order chi connectivity index (χ1) is 20.4. The topological polar surface area (TPSA) is 35.1 Å². The number of imidazole rings is 1. The zero-order valence-corrected chi connectivity index (χ0v) is 22.0. The number of hydrogen-bond donors (Lipinski definition) is 0. The lowest BCUT2D eigenvalue weighted by atomic mass is 9.99. The molecule has 4 heteroatoms. The van der Waals surface area contributed by atoms with Gasteiger partial charge in [-0.3, -0.25) is 9.38 Å². The first-order valence-electron chi connectivity index (χ1n) is 14.1. The minimum Gasteiger partial charge on any atom is -0.309 e. The highest BCUT2D eigenvalue weighted by molar-refractivity contribution is 6.28. The second-order valence-corrected chi connectivity index (χ2v) is 11.0. The predicted molar refractivity (Wildman–Crippen MR) is 168 cm³/mol. The van der Waals surface area contributed by atoms with Crippen molar-refractivity contribution in [1.82, 2.24) is 18.9 Å². The molecule has 0 spiro atoms. The van der Waals surface area contributed by atoms with Crippen LogP contribution in [0.15, 0.2) is 121 Å². The molecular weight excluding hydrogens is 500 g/mol. The number of rotatable bonds is 1. The second-order valence-electron chi connectivity index (χ2n) is 11.0. The molecule has 41 heavy (non-hydrogen) atoms. The molecule has 4 aromatic heterocycles. The Balaban J connectivity index is 1.49. The van der Waals surface area contributed by atoms with Crippen molar-refractivity contribution >= 4 is 60.3 Å². The molecule has 4 nitrogen and oxygen atoms in total. The summed E-state index contributed by atoms with van der Waals surface area (Å²) < 4.78 is 4.72. The Kier molecular flexibility index (Phi) is 3.95. The molecule has 0 unspecified atom stereocenters. The molecule has 1 aliphatic carbocycles. The molecule has 0 N–H and O–H groups in total. The van der Waals surface area contributed by atoms with Gasteiger partial charge in [0.1, 0.15) is 5.65 Å². The molecule has 9 aromatic rings. The maximum atomic E-state index is 5.17. The summed E-state index contributed by atoms with van der Waals surface area (Å²) in [4.78, 5) is 10.2. The Labute approximate surface area is 234 Å². The summed E-state index contributed by atoms with van der Waals surface area (Å²) in [5.74, 6) is 0. The van der Waals surface area contributed by atoms with Gasteiger partial charge in [-0.2, -0.15) is 0 Å². The van der Waals surface area contributed by atoms with Crippen LogP contribution in [0.25, 0.3) is 77.1 Å². The molecule has 4 heterocycles. The Morgan fingerprint density at radius 2 is 1.39 bits per heavy atom. The number of hydrogen-bond acceptors (Lipinski definition) is 2. The van der Waals surface area contributed by atoms with Crippen molar-refractivity contribution < 1.29 is 0 Å². The fourth-order valence-corrected chi connectivity index (χ4v) is 7.32. The molecule has 0 radical (unpaired) electrons. The molecule has 0 atom stereocenters. The molecule has 0 aliphatic heterocycles. The largest absolute Gasteiger partial charge is 0.309 e. The smallest absolute Gasteiger partial charge is 0.146 e. The molecule has 0 bridgehead atoms. The molecule has 1 aliphatic rings.